The van der Waals surface area contributed by atoms with Crippen molar-refractivity contribution in [2.75, 3.05) is 4.72 Å². The molecule has 0 bridgehead atoms. The third kappa shape index (κ3) is 2.76. The lowest BCUT2D eigenvalue weighted by Gasteiger charge is -2.05. The van der Waals surface area contributed by atoms with Gasteiger partial charge in [0.15, 0.2) is 0 Å². The van der Waals surface area contributed by atoms with E-state index in [4.69, 9.17) is 5.11 Å². The number of carboxylic acid groups (broad SMARTS) is 1. The molecule has 2 aromatic heterocycles. The van der Waals surface area contributed by atoms with Crippen molar-refractivity contribution in [3.8, 4) is 0 Å². The summed E-state index contributed by atoms with van der Waals surface area (Å²) in [4.78, 5) is 10.7. The molecule has 19 heavy (non-hydrogen) atoms. The summed E-state index contributed by atoms with van der Waals surface area (Å²) in [6, 6.07) is 1.12. The van der Waals surface area contributed by atoms with Crippen LogP contribution in [0.15, 0.2) is 21.9 Å². The van der Waals surface area contributed by atoms with Crippen LogP contribution in [0.2, 0.25) is 0 Å². The molecule has 2 aromatic rings. The number of nitrogens with zero attached hydrogens (tertiary/aromatic N) is 1. The standard InChI is InChI=1S/C10H11N3O4S2/c1-2-6-4-11-12-9(6)13-19(16,17)8-3-7(5-18-8)10(14)15/h3-5H,2H2,1H3,(H,14,15)(H2,11,12,13). The summed E-state index contributed by atoms with van der Waals surface area (Å²) in [6.07, 6.45) is 2.16. The summed E-state index contributed by atoms with van der Waals surface area (Å²) in [5, 5.41) is 16.4. The number of hydrogen-bond acceptors (Lipinski definition) is 5. The predicted octanol–water partition coefficient (Wildman–Crippen LogP) is 1.53. The zero-order chi connectivity index (χ0) is 14.0. The van der Waals surface area contributed by atoms with Crippen LogP contribution in [-0.2, 0) is 16.4 Å². The first kappa shape index (κ1) is 13.6. The number of thiophene rings is 1. The number of hydrogen-bond donors (Lipinski definition) is 3. The Hall–Kier alpha value is -1.87. The zero-order valence-electron chi connectivity index (χ0n) is 9.87. The summed E-state index contributed by atoms with van der Waals surface area (Å²) < 4.78 is 26.4. The second kappa shape index (κ2) is 5.02. The van der Waals surface area contributed by atoms with E-state index < -0.39 is 16.0 Å². The van der Waals surface area contributed by atoms with E-state index >= 15 is 0 Å². The van der Waals surface area contributed by atoms with Crippen molar-refractivity contribution >= 4 is 33.1 Å². The molecule has 2 rings (SSSR count). The number of aromatic carboxylic acids is 1. The van der Waals surface area contributed by atoms with Crippen molar-refractivity contribution in [3.05, 3.63) is 28.8 Å². The summed E-state index contributed by atoms with van der Waals surface area (Å²) in [6.45, 7) is 1.87. The Balaban J connectivity index is 2.29. The number of aryl methyl sites for hydroxylation is 1. The second-order valence-electron chi connectivity index (χ2n) is 3.69. The molecule has 0 aliphatic rings. The number of H-pyrrole nitrogens is 1. The first-order valence-corrected chi connectivity index (χ1v) is 7.67. The topological polar surface area (TPSA) is 112 Å². The predicted molar refractivity (Wildman–Crippen MR) is 70.1 cm³/mol. The van der Waals surface area contributed by atoms with E-state index in [0.717, 1.165) is 23.0 Å². The van der Waals surface area contributed by atoms with E-state index in [-0.39, 0.29) is 9.77 Å². The molecule has 0 fully saturated rings. The van der Waals surface area contributed by atoms with Crippen molar-refractivity contribution in [1.29, 1.82) is 0 Å². The van der Waals surface area contributed by atoms with Gasteiger partial charge < -0.3 is 5.11 Å². The maximum absolute atomic E-state index is 12.1. The van der Waals surface area contributed by atoms with Gasteiger partial charge in [-0.05, 0) is 12.5 Å². The SMILES string of the molecule is CCc1cn[nH]c1NS(=O)(=O)c1cc(C(=O)O)cs1. The Morgan fingerprint density at radius 2 is 2.32 bits per heavy atom. The monoisotopic (exact) mass is 301 g/mol. The highest BCUT2D eigenvalue weighted by Gasteiger charge is 2.20. The minimum absolute atomic E-state index is 0.0503. The van der Waals surface area contributed by atoms with Crippen molar-refractivity contribution < 1.29 is 18.3 Å². The van der Waals surface area contributed by atoms with Crippen LogP contribution < -0.4 is 4.72 Å². The highest BCUT2D eigenvalue weighted by atomic mass is 32.2. The number of aromatic amines is 1. The molecule has 0 aliphatic heterocycles. The first-order chi connectivity index (χ1) is 8.94. The molecule has 0 radical (unpaired) electrons. The number of carbonyl (C=O) groups is 1. The van der Waals surface area contributed by atoms with E-state index in [1.807, 2.05) is 6.92 Å². The lowest BCUT2D eigenvalue weighted by atomic mass is 10.3. The average molecular weight is 301 g/mol. The molecule has 0 aliphatic carbocycles. The lowest BCUT2D eigenvalue weighted by molar-refractivity contribution is 0.0697. The Morgan fingerprint density at radius 3 is 2.89 bits per heavy atom. The summed E-state index contributed by atoms with van der Waals surface area (Å²) in [5.74, 6) is -0.860. The zero-order valence-corrected chi connectivity index (χ0v) is 11.5. The number of anilines is 1. The Morgan fingerprint density at radius 1 is 1.58 bits per heavy atom. The minimum atomic E-state index is -3.79. The van der Waals surface area contributed by atoms with Crippen molar-refractivity contribution in [2.45, 2.75) is 17.6 Å². The number of rotatable bonds is 5. The first-order valence-electron chi connectivity index (χ1n) is 5.31. The van der Waals surface area contributed by atoms with Gasteiger partial charge in [0.2, 0.25) is 0 Å². The molecule has 3 N–H and O–H groups in total. The Bertz CT molecular complexity index is 702. The van der Waals surface area contributed by atoms with Gasteiger partial charge in [-0.15, -0.1) is 11.3 Å². The van der Waals surface area contributed by atoms with E-state index in [9.17, 15) is 13.2 Å². The van der Waals surface area contributed by atoms with Crippen LogP contribution in [0, 0.1) is 0 Å². The quantitative estimate of drug-likeness (QED) is 0.775. The summed E-state index contributed by atoms with van der Waals surface area (Å²) in [5.41, 5.74) is 0.685. The van der Waals surface area contributed by atoms with Crippen molar-refractivity contribution in [3.63, 3.8) is 0 Å². The maximum Gasteiger partial charge on any atom is 0.336 e. The number of aromatic nitrogens is 2. The minimum Gasteiger partial charge on any atom is -0.478 e. The Labute approximate surface area is 113 Å². The summed E-state index contributed by atoms with van der Waals surface area (Å²) >= 11 is 0.855. The molecule has 0 saturated carbocycles. The molecule has 0 amide bonds. The van der Waals surface area contributed by atoms with E-state index in [0.29, 0.717) is 12.2 Å². The number of carboxylic acids is 1. The maximum atomic E-state index is 12.1. The number of nitrogens with one attached hydrogen (secondary N) is 2. The third-order valence-electron chi connectivity index (χ3n) is 2.42. The average Bonchev–Trinajstić information content (AvgIpc) is 2.95. The second-order valence-corrected chi connectivity index (χ2v) is 6.51. The van der Waals surface area contributed by atoms with Crippen LogP contribution >= 0.6 is 11.3 Å². The van der Waals surface area contributed by atoms with Crippen LogP contribution in [0.1, 0.15) is 22.8 Å². The molecule has 7 nitrogen and oxygen atoms in total. The molecule has 0 atom stereocenters. The van der Waals surface area contributed by atoms with Crippen molar-refractivity contribution in [2.24, 2.45) is 0 Å². The van der Waals surface area contributed by atoms with Gasteiger partial charge in [0.1, 0.15) is 10.0 Å². The highest BCUT2D eigenvalue weighted by molar-refractivity contribution is 7.94. The lowest BCUT2D eigenvalue weighted by Crippen LogP contribution is -2.13. The van der Waals surface area contributed by atoms with Gasteiger partial charge in [0.05, 0.1) is 11.8 Å². The molecule has 0 unspecified atom stereocenters. The van der Waals surface area contributed by atoms with Crippen LogP contribution in [-0.4, -0.2) is 29.7 Å². The Kier molecular flexibility index (Phi) is 3.58. The van der Waals surface area contributed by atoms with Crippen molar-refractivity contribution in [1.82, 2.24) is 10.2 Å². The molecule has 9 heteroatoms. The molecule has 0 aromatic carbocycles. The fraction of sp³-hybridized carbons (Fsp3) is 0.200. The molecular weight excluding hydrogens is 290 g/mol. The van der Waals surface area contributed by atoms with Gasteiger partial charge in [-0.2, -0.15) is 5.10 Å². The molecule has 0 saturated heterocycles. The number of sulfonamides is 1. The van der Waals surface area contributed by atoms with Gasteiger partial charge >= 0.3 is 5.97 Å². The normalized spacial score (nSPS) is 11.4. The molecule has 102 valence electrons. The van der Waals surface area contributed by atoms with Gasteiger partial charge in [-0.1, -0.05) is 6.92 Å². The third-order valence-corrected chi connectivity index (χ3v) is 5.21. The van der Waals surface area contributed by atoms with E-state index in [2.05, 4.69) is 14.9 Å². The van der Waals surface area contributed by atoms with Gasteiger partial charge in [0, 0.05) is 10.9 Å². The molecule has 2 heterocycles. The summed E-state index contributed by atoms with van der Waals surface area (Å²) in [7, 11) is -3.79. The smallest absolute Gasteiger partial charge is 0.336 e. The van der Waals surface area contributed by atoms with Gasteiger partial charge in [-0.3, -0.25) is 9.82 Å². The fourth-order valence-corrected chi connectivity index (χ4v) is 3.63. The molecular formula is C10H11N3O4S2. The molecule has 0 spiro atoms. The van der Waals surface area contributed by atoms with Crippen LogP contribution in [0.4, 0.5) is 5.82 Å². The van der Waals surface area contributed by atoms with Gasteiger partial charge in [0.25, 0.3) is 10.0 Å². The largest absolute Gasteiger partial charge is 0.478 e. The van der Waals surface area contributed by atoms with E-state index in [1.165, 1.54) is 11.6 Å². The fourth-order valence-electron chi connectivity index (χ4n) is 1.42. The van der Waals surface area contributed by atoms with Crippen LogP contribution in [0.5, 0.6) is 0 Å². The van der Waals surface area contributed by atoms with Crippen LogP contribution in [0.25, 0.3) is 0 Å². The highest BCUT2D eigenvalue weighted by Crippen LogP contribution is 2.23. The van der Waals surface area contributed by atoms with E-state index in [1.54, 1.807) is 0 Å². The van der Waals surface area contributed by atoms with Crippen LogP contribution in [0.3, 0.4) is 0 Å². The van der Waals surface area contributed by atoms with Gasteiger partial charge in [-0.25, -0.2) is 13.2 Å².